The second-order valence-corrected chi connectivity index (χ2v) is 6.59. The lowest BCUT2D eigenvalue weighted by atomic mass is 10.1. The van der Waals surface area contributed by atoms with E-state index in [0.29, 0.717) is 19.5 Å². The van der Waals surface area contributed by atoms with Gasteiger partial charge in [-0.2, -0.15) is 4.31 Å². The lowest BCUT2D eigenvalue weighted by Crippen LogP contribution is -2.27. The number of aryl methyl sites for hydroxylation is 1. The van der Waals surface area contributed by atoms with Crippen LogP contribution in [-0.2, 0) is 21.2 Å². The largest absolute Gasteiger partial charge is 0.481 e. The first kappa shape index (κ1) is 14.0. The van der Waals surface area contributed by atoms with Crippen LogP contribution in [0.5, 0.6) is 0 Å². The summed E-state index contributed by atoms with van der Waals surface area (Å²) in [5.74, 6) is -0.882. The van der Waals surface area contributed by atoms with Gasteiger partial charge in [-0.3, -0.25) is 4.79 Å². The zero-order valence-corrected chi connectivity index (χ0v) is 11.4. The van der Waals surface area contributed by atoms with Crippen molar-refractivity contribution in [3.05, 3.63) is 29.8 Å². The highest BCUT2D eigenvalue weighted by Gasteiger charge is 2.27. The first-order valence-corrected chi connectivity index (χ1v) is 7.75. The molecule has 1 aliphatic heterocycles. The predicted octanol–water partition coefficient (Wildman–Crippen LogP) is 1.49. The normalized spacial score (nSPS) is 16.6. The number of carbonyl (C=O) groups is 1. The second-order valence-electron chi connectivity index (χ2n) is 4.65. The van der Waals surface area contributed by atoms with Gasteiger partial charge in [0.25, 0.3) is 0 Å². The van der Waals surface area contributed by atoms with E-state index < -0.39 is 16.0 Å². The Bertz CT molecular complexity index is 562. The van der Waals surface area contributed by atoms with E-state index in [9.17, 15) is 13.2 Å². The minimum absolute atomic E-state index is 0.00716. The van der Waals surface area contributed by atoms with Gasteiger partial charge in [0.15, 0.2) is 0 Å². The third kappa shape index (κ3) is 3.33. The molecule has 0 atom stereocenters. The first-order chi connectivity index (χ1) is 9.00. The monoisotopic (exact) mass is 283 g/mol. The Hall–Kier alpha value is -1.40. The number of hydrogen-bond donors (Lipinski definition) is 1. The minimum atomic E-state index is -3.41. The number of carboxylic acid groups (broad SMARTS) is 1. The molecule has 0 unspecified atom stereocenters. The molecule has 0 aliphatic carbocycles. The Labute approximate surface area is 112 Å². The van der Waals surface area contributed by atoms with Gasteiger partial charge >= 0.3 is 5.97 Å². The van der Waals surface area contributed by atoms with Crippen molar-refractivity contribution >= 4 is 16.0 Å². The summed E-state index contributed by atoms with van der Waals surface area (Å²) in [5, 5.41) is 8.65. The molecule has 19 heavy (non-hydrogen) atoms. The van der Waals surface area contributed by atoms with Gasteiger partial charge in [0.1, 0.15) is 0 Å². The molecule has 6 heteroatoms. The van der Waals surface area contributed by atoms with E-state index in [0.717, 1.165) is 18.4 Å². The van der Waals surface area contributed by atoms with Crippen LogP contribution in [0.1, 0.15) is 24.8 Å². The predicted molar refractivity (Wildman–Crippen MR) is 70.4 cm³/mol. The highest BCUT2D eigenvalue weighted by Crippen LogP contribution is 2.21. The third-order valence-electron chi connectivity index (χ3n) is 3.23. The third-order valence-corrected chi connectivity index (χ3v) is 5.12. The maximum Gasteiger partial charge on any atom is 0.303 e. The van der Waals surface area contributed by atoms with Crippen molar-refractivity contribution in [2.75, 3.05) is 13.1 Å². The number of benzene rings is 1. The van der Waals surface area contributed by atoms with Crippen LogP contribution in [0.4, 0.5) is 0 Å². The van der Waals surface area contributed by atoms with E-state index in [1.54, 1.807) is 24.3 Å². The average Bonchev–Trinajstić information content (AvgIpc) is 2.91. The van der Waals surface area contributed by atoms with Crippen LogP contribution in [0.25, 0.3) is 0 Å². The van der Waals surface area contributed by atoms with Gasteiger partial charge in [0, 0.05) is 19.5 Å². The lowest BCUT2D eigenvalue weighted by molar-refractivity contribution is -0.136. The quantitative estimate of drug-likeness (QED) is 0.888. The molecule has 1 aromatic rings. The van der Waals surface area contributed by atoms with E-state index in [1.165, 1.54) is 4.31 Å². The van der Waals surface area contributed by atoms with Gasteiger partial charge in [-0.15, -0.1) is 0 Å². The molecule has 2 rings (SSSR count). The SMILES string of the molecule is O=C(O)CCc1cccc(S(=O)(=O)N2CCCC2)c1. The summed E-state index contributed by atoms with van der Waals surface area (Å²) in [7, 11) is -3.41. The van der Waals surface area contributed by atoms with Crippen molar-refractivity contribution < 1.29 is 18.3 Å². The number of rotatable bonds is 5. The fraction of sp³-hybridized carbons (Fsp3) is 0.462. The van der Waals surface area contributed by atoms with Crippen LogP contribution >= 0.6 is 0 Å². The summed E-state index contributed by atoms with van der Waals surface area (Å²) in [6.07, 6.45) is 2.15. The Morgan fingerprint density at radius 2 is 1.95 bits per heavy atom. The van der Waals surface area contributed by atoms with Crippen molar-refractivity contribution in [2.24, 2.45) is 0 Å². The molecule has 0 bridgehead atoms. The molecular formula is C13H17NO4S. The van der Waals surface area contributed by atoms with Gasteiger partial charge in [-0.1, -0.05) is 12.1 Å². The molecule has 1 fully saturated rings. The van der Waals surface area contributed by atoms with Gasteiger partial charge in [-0.05, 0) is 37.0 Å². The molecule has 0 radical (unpaired) electrons. The van der Waals surface area contributed by atoms with Crippen molar-refractivity contribution in [1.82, 2.24) is 4.31 Å². The van der Waals surface area contributed by atoms with Gasteiger partial charge in [0.2, 0.25) is 10.0 Å². The number of sulfonamides is 1. The molecule has 104 valence electrons. The maximum atomic E-state index is 12.3. The van der Waals surface area contributed by atoms with Crippen molar-refractivity contribution in [1.29, 1.82) is 0 Å². The number of aliphatic carboxylic acids is 1. The summed E-state index contributed by atoms with van der Waals surface area (Å²) in [5.41, 5.74) is 0.739. The van der Waals surface area contributed by atoms with Gasteiger partial charge < -0.3 is 5.11 Å². The Balaban J connectivity index is 2.20. The van der Waals surface area contributed by atoms with E-state index in [-0.39, 0.29) is 11.3 Å². The van der Waals surface area contributed by atoms with Crippen LogP contribution in [-0.4, -0.2) is 36.9 Å². The number of carboxylic acids is 1. The van der Waals surface area contributed by atoms with Crippen LogP contribution in [0.3, 0.4) is 0 Å². The highest BCUT2D eigenvalue weighted by molar-refractivity contribution is 7.89. The molecule has 0 spiro atoms. The second kappa shape index (κ2) is 5.71. The highest BCUT2D eigenvalue weighted by atomic mass is 32.2. The number of nitrogens with zero attached hydrogens (tertiary/aromatic N) is 1. The fourth-order valence-corrected chi connectivity index (χ4v) is 3.78. The standard InChI is InChI=1S/C13H17NO4S/c15-13(16)7-6-11-4-3-5-12(10-11)19(17,18)14-8-1-2-9-14/h3-5,10H,1-2,6-9H2,(H,15,16). The van der Waals surface area contributed by atoms with Gasteiger partial charge in [0.05, 0.1) is 4.90 Å². The molecule has 0 aromatic heterocycles. The summed E-state index contributed by atoms with van der Waals surface area (Å²) in [6.45, 7) is 1.14. The van der Waals surface area contributed by atoms with E-state index in [1.807, 2.05) is 0 Å². The van der Waals surface area contributed by atoms with E-state index in [2.05, 4.69) is 0 Å². The van der Waals surface area contributed by atoms with Crippen molar-refractivity contribution in [3.8, 4) is 0 Å². The fourth-order valence-electron chi connectivity index (χ4n) is 2.19. The topological polar surface area (TPSA) is 74.7 Å². The Morgan fingerprint density at radius 1 is 1.26 bits per heavy atom. The average molecular weight is 283 g/mol. The van der Waals surface area contributed by atoms with Crippen LogP contribution in [0, 0.1) is 0 Å². The van der Waals surface area contributed by atoms with Crippen molar-refractivity contribution in [3.63, 3.8) is 0 Å². The zero-order valence-electron chi connectivity index (χ0n) is 10.6. The molecule has 1 aromatic carbocycles. The molecule has 5 nitrogen and oxygen atoms in total. The Morgan fingerprint density at radius 3 is 2.58 bits per heavy atom. The van der Waals surface area contributed by atoms with Crippen LogP contribution < -0.4 is 0 Å². The summed E-state index contributed by atoms with van der Waals surface area (Å²) in [4.78, 5) is 10.8. The van der Waals surface area contributed by atoms with Crippen LogP contribution in [0.2, 0.25) is 0 Å². The first-order valence-electron chi connectivity index (χ1n) is 6.31. The van der Waals surface area contributed by atoms with Crippen molar-refractivity contribution in [2.45, 2.75) is 30.6 Å². The molecule has 1 saturated heterocycles. The van der Waals surface area contributed by atoms with E-state index >= 15 is 0 Å². The summed E-state index contributed by atoms with van der Waals surface area (Å²) < 4.78 is 26.2. The molecule has 1 heterocycles. The zero-order chi connectivity index (χ0) is 13.9. The minimum Gasteiger partial charge on any atom is -0.481 e. The summed E-state index contributed by atoms with van der Waals surface area (Å²) >= 11 is 0. The molecule has 0 amide bonds. The number of hydrogen-bond acceptors (Lipinski definition) is 3. The van der Waals surface area contributed by atoms with Crippen LogP contribution in [0.15, 0.2) is 29.2 Å². The smallest absolute Gasteiger partial charge is 0.303 e. The van der Waals surface area contributed by atoms with Gasteiger partial charge in [-0.25, -0.2) is 8.42 Å². The molecular weight excluding hydrogens is 266 g/mol. The Kier molecular flexibility index (Phi) is 4.21. The molecule has 1 N–H and O–H groups in total. The molecule has 0 saturated carbocycles. The van der Waals surface area contributed by atoms with E-state index in [4.69, 9.17) is 5.11 Å². The molecule has 1 aliphatic rings. The maximum absolute atomic E-state index is 12.3. The lowest BCUT2D eigenvalue weighted by Gasteiger charge is -2.15. The summed E-state index contributed by atoms with van der Waals surface area (Å²) in [6, 6.07) is 6.57.